The summed E-state index contributed by atoms with van der Waals surface area (Å²) >= 11 is 0. The summed E-state index contributed by atoms with van der Waals surface area (Å²) in [7, 11) is -2.91. The van der Waals surface area contributed by atoms with Crippen LogP contribution in [0.4, 0.5) is 0 Å². The average Bonchev–Trinajstić information content (AvgIpc) is 2.53. The van der Waals surface area contributed by atoms with Gasteiger partial charge in [0.2, 0.25) is 0 Å². The van der Waals surface area contributed by atoms with E-state index in [4.69, 9.17) is 8.92 Å². The second-order valence-electron chi connectivity index (χ2n) is 6.84. The Hall–Kier alpha value is -1.90. The molecular formula is C17H24N2O4SSi. The van der Waals surface area contributed by atoms with Crippen LogP contribution in [0.5, 0.6) is 11.6 Å². The number of pyridine rings is 1. The maximum atomic E-state index is 12.1. The SMILES string of the molecule is CN(C)S(=O)(=O)Oc1nccc([Si](C)(C)C)c1OCc1ccccc1. The van der Waals surface area contributed by atoms with E-state index < -0.39 is 18.4 Å². The fraction of sp³-hybridized carbons (Fsp3) is 0.353. The maximum absolute atomic E-state index is 12.1. The van der Waals surface area contributed by atoms with Crippen molar-refractivity contribution in [3.8, 4) is 11.6 Å². The molecule has 0 aliphatic rings. The number of hydrogen-bond donors (Lipinski definition) is 0. The van der Waals surface area contributed by atoms with Crippen LogP contribution in [0, 0.1) is 0 Å². The number of benzene rings is 1. The summed E-state index contributed by atoms with van der Waals surface area (Å²) in [6.45, 7) is 6.77. The Bertz CT molecular complexity index is 818. The lowest BCUT2D eigenvalue weighted by Crippen LogP contribution is -2.39. The monoisotopic (exact) mass is 380 g/mol. The van der Waals surface area contributed by atoms with E-state index in [1.807, 2.05) is 36.4 Å². The first-order chi connectivity index (χ1) is 11.6. The molecule has 0 radical (unpaired) electrons. The van der Waals surface area contributed by atoms with Gasteiger partial charge in [0.15, 0.2) is 5.75 Å². The maximum Gasteiger partial charge on any atom is 0.386 e. The van der Waals surface area contributed by atoms with Crippen molar-refractivity contribution in [3.05, 3.63) is 48.2 Å². The molecule has 0 aliphatic carbocycles. The number of ether oxygens (including phenoxy) is 1. The van der Waals surface area contributed by atoms with Crippen LogP contribution in [-0.4, -0.2) is 39.9 Å². The zero-order valence-corrected chi connectivity index (χ0v) is 17.0. The van der Waals surface area contributed by atoms with Gasteiger partial charge in [0.25, 0.3) is 5.88 Å². The van der Waals surface area contributed by atoms with Gasteiger partial charge in [-0.2, -0.15) is 12.7 Å². The number of hydrogen-bond acceptors (Lipinski definition) is 5. The molecule has 0 unspecified atom stereocenters. The van der Waals surface area contributed by atoms with Crippen molar-refractivity contribution in [2.24, 2.45) is 0 Å². The zero-order chi connectivity index (χ0) is 18.7. The summed E-state index contributed by atoms with van der Waals surface area (Å²) in [5, 5.41) is 0.961. The van der Waals surface area contributed by atoms with Gasteiger partial charge in [-0.25, -0.2) is 4.98 Å². The van der Waals surface area contributed by atoms with Gasteiger partial charge in [0.1, 0.15) is 6.61 Å². The summed E-state index contributed by atoms with van der Waals surface area (Å²) in [6.07, 6.45) is 1.56. The predicted molar refractivity (Wildman–Crippen MR) is 101 cm³/mol. The lowest BCUT2D eigenvalue weighted by atomic mass is 10.2. The number of aromatic nitrogens is 1. The fourth-order valence-corrected chi connectivity index (χ4v) is 4.02. The van der Waals surface area contributed by atoms with Crippen molar-refractivity contribution in [1.82, 2.24) is 9.29 Å². The van der Waals surface area contributed by atoms with Crippen LogP contribution in [-0.2, 0) is 16.9 Å². The van der Waals surface area contributed by atoms with E-state index in [0.29, 0.717) is 12.4 Å². The first kappa shape index (κ1) is 19.4. The van der Waals surface area contributed by atoms with Gasteiger partial charge in [-0.05, 0) is 16.8 Å². The molecule has 0 N–H and O–H groups in total. The van der Waals surface area contributed by atoms with Crippen LogP contribution < -0.4 is 14.1 Å². The minimum absolute atomic E-state index is 0.0236. The largest absolute Gasteiger partial charge is 0.483 e. The molecule has 0 saturated carbocycles. The summed E-state index contributed by atoms with van der Waals surface area (Å²) in [6, 6.07) is 11.6. The van der Waals surface area contributed by atoms with Crippen molar-refractivity contribution in [3.63, 3.8) is 0 Å². The summed E-state index contributed by atoms with van der Waals surface area (Å²) in [4.78, 5) is 4.10. The zero-order valence-electron chi connectivity index (χ0n) is 15.2. The quantitative estimate of drug-likeness (QED) is 0.690. The van der Waals surface area contributed by atoms with Crippen LogP contribution in [0.25, 0.3) is 0 Å². The predicted octanol–water partition coefficient (Wildman–Crippen LogP) is 2.39. The Balaban J connectivity index is 2.42. The van der Waals surface area contributed by atoms with Crippen molar-refractivity contribution in [1.29, 1.82) is 0 Å². The standard InChI is InChI=1S/C17H24N2O4SSi/c1-19(2)24(20,21)23-17-16(15(11-12-18-17)25(3,4)5)22-13-14-9-7-6-8-10-14/h6-12H,13H2,1-5H3. The van der Waals surface area contributed by atoms with Crippen LogP contribution in [0.2, 0.25) is 19.6 Å². The third-order valence-corrected chi connectivity index (χ3v) is 6.81. The minimum Gasteiger partial charge on any atom is -0.483 e. The molecule has 0 amide bonds. The molecule has 0 fully saturated rings. The van der Waals surface area contributed by atoms with Gasteiger partial charge < -0.3 is 8.92 Å². The highest BCUT2D eigenvalue weighted by atomic mass is 32.2. The second kappa shape index (κ2) is 7.55. The van der Waals surface area contributed by atoms with Crippen molar-refractivity contribution in [2.45, 2.75) is 26.2 Å². The Morgan fingerprint density at radius 2 is 1.72 bits per heavy atom. The molecule has 0 bridgehead atoms. The van der Waals surface area contributed by atoms with Gasteiger partial charge in [0.05, 0.1) is 8.07 Å². The third-order valence-electron chi connectivity index (χ3n) is 3.54. The third kappa shape index (κ3) is 5.04. The molecule has 2 aromatic rings. The van der Waals surface area contributed by atoms with Gasteiger partial charge in [-0.15, -0.1) is 0 Å². The highest BCUT2D eigenvalue weighted by Crippen LogP contribution is 2.27. The molecule has 0 saturated heterocycles. The minimum atomic E-state index is -3.91. The Morgan fingerprint density at radius 3 is 2.28 bits per heavy atom. The molecule has 1 aromatic carbocycles. The summed E-state index contributed by atoms with van der Waals surface area (Å²) in [5.74, 6) is 0.375. The van der Waals surface area contributed by atoms with E-state index in [1.54, 1.807) is 6.20 Å². The molecule has 2 rings (SSSR count). The van der Waals surface area contributed by atoms with E-state index in [2.05, 4.69) is 24.6 Å². The van der Waals surface area contributed by atoms with E-state index in [9.17, 15) is 8.42 Å². The number of rotatable bonds is 7. The van der Waals surface area contributed by atoms with E-state index in [-0.39, 0.29) is 5.88 Å². The lowest BCUT2D eigenvalue weighted by Gasteiger charge is -2.23. The summed E-state index contributed by atoms with van der Waals surface area (Å²) < 4.78 is 36.4. The molecule has 8 heteroatoms. The van der Waals surface area contributed by atoms with Gasteiger partial charge >= 0.3 is 10.3 Å². The highest BCUT2D eigenvalue weighted by Gasteiger charge is 2.28. The van der Waals surface area contributed by atoms with Crippen LogP contribution in [0.1, 0.15) is 5.56 Å². The second-order valence-corrected chi connectivity index (χ2v) is 13.6. The van der Waals surface area contributed by atoms with E-state index in [0.717, 1.165) is 15.1 Å². The van der Waals surface area contributed by atoms with E-state index in [1.165, 1.54) is 14.1 Å². The topological polar surface area (TPSA) is 68.7 Å². The van der Waals surface area contributed by atoms with Crippen LogP contribution in [0.3, 0.4) is 0 Å². The molecule has 0 atom stereocenters. The van der Waals surface area contributed by atoms with Crippen molar-refractivity contribution in [2.75, 3.05) is 14.1 Å². The normalized spacial score (nSPS) is 12.2. The molecule has 0 spiro atoms. The lowest BCUT2D eigenvalue weighted by molar-refractivity contribution is 0.293. The molecular weight excluding hydrogens is 356 g/mol. The first-order valence-corrected chi connectivity index (χ1v) is 12.8. The van der Waals surface area contributed by atoms with Gasteiger partial charge in [-0.3, -0.25) is 0 Å². The van der Waals surface area contributed by atoms with Crippen LogP contribution in [0.15, 0.2) is 42.6 Å². The highest BCUT2D eigenvalue weighted by molar-refractivity contribution is 7.84. The fourth-order valence-electron chi connectivity index (χ4n) is 2.12. The van der Waals surface area contributed by atoms with E-state index >= 15 is 0 Å². The van der Waals surface area contributed by atoms with Crippen molar-refractivity contribution < 1.29 is 17.3 Å². The molecule has 1 aromatic heterocycles. The first-order valence-electron chi connectivity index (χ1n) is 7.89. The average molecular weight is 381 g/mol. The molecule has 136 valence electrons. The Kier molecular flexibility index (Phi) is 5.86. The summed E-state index contributed by atoms with van der Waals surface area (Å²) in [5.41, 5.74) is 0.981. The smallest absolute Gasteiger partial charge is 0.386 e. The number of nitrogens with zero attached hydrogens (tertiary/aromatic N) is 2. The molecule has 0 aliphatic heterocycles. The molecule has 1 heterocycles. The van der Waals surface area contributed by atoms with Crippen molar-refractivity contribution >= 4 is 23.6 Å². The van der Waals surface area contributed by atoms with Gasteiger partial charge in [0, 0.05) is 20.3 Å². The Morgan fingerprint density at radius 1 is 1.08 bits per heavy atom. The molecule has 25 heavy (non-hydrogen) atoms. The Labute approximate surface area is 150 Å². The molecule has 6 nitrogen and oxygen atoms in total. The van der Waals surface area contributed by atoms with Crippen LogP contribution >= 0.6 is 0 Å². The van der Waals surface area contributed by atoms with Gasteiger partial charge in [-0.1, -0.05) is 50.0 Å².